The van der Waals surface area contributed by atoms with Crippen molar-refractivity contribution >= 4 is 5.91 Å². The van der Waals surface area contributed by atoms with Gasteiger partial charge >= 0.3 is 0 Å². The van der Waals surface area contributed by atoms with Gasteiger partial charge in [0.1, 0.15) is 11.5 Å². The first-order valence-corrected chi connectivity index (χ1v) is 13.7. The smallest absolute Gasteiger partial charge is 0.272 e. The van der Waals surface area contributed by atoms with Crippen molar-refractivity contribution in [3.05, 3.63) is 75.9 Å². The lowest BCUT2D eigenvalue weighted by atomic mass is 9.73. The van der Waals surface area contributed by atoms with Crippen molar-refractivity contribution in [2.24, 2.45) is 5.92 Å². The molecule has 2 aromatic heterocycles. The van der Waals surface area contributed by atoms with Crippen molar-refractivity contribution in [1.82, 2.24) is 30.7 Å². The highest BCUT2D eigenvalue weighted by Gasteiger charge is 2.43. The van der Waals surface area contributed by atoms with Crippen LogP contribution in [-0.4, -0.2) is 50.0 Å². The topological polar surface area (TPSA) is 130 Å². The number of fused-ring (bicyclic) bond motifs is 2. The standard InChI is InChI=1S/C29H32FN7O2/c1-2-17-13-26(38)21(30)14-20(17)18-3-4-19-24(12-18)35-36-27(19)28-33-22-6-9-37(10-7-23(22)34-28)29(39)25-11-16(15-31)5-8-32-25/h5,8,11,13-14,18-19,24,27,35-36,38H,2-4,6-7,9-10,12H2,1H3,(H,33,34). The van der Waals surface area contributed by atoms with Gasteiger partial charge in [-0.1, -0.05) is 6.92 Å². The van der Waals surface area contributed by atoms with Crippen LogP contribution in [0.2, 0.25) is 0 Å². The summed E-state index contributed by atoms with van der Waals surface area (Å²) < 4.78 is 14.2. The monoisotopic (exact) mass is 529 g/mol. The number of carbonyl (C=O) groups excluding carboxylic acids is 1. The number of phenolic OH excluding ortho intramolecular Hbond substituents is 1. The third kappa shape index (κ3) is 4.77. The summed E-state index contributed by atoms with van der Waals surface area (Å²) in [6, 6.07) is 8.58. The number of H-pyrrole nitrogens is 1. The number of pyridine rings is 1. The first-order valence-electron chi connectivity index (χ1n) is 13.7. The largest absolute Gasteiger partial charge is 0.505 e. The van der Waals surface area contributed by atoms with E-state index < -0.39 is 5.82 Å². The molecule has 4 unspecified atom stereocenters. The van der Waals surface area contributed by atoms with Gasteiger partial charge in [0.15, 0.2) is 11.6 Å². The molecule has 0 bridgehead atoms. The van der Waals surface area contributed by atoms with E-state index in [0.29, 0.717) is 37.4 Å². The summed E-state index contributed by atoms with van der Waals surface area (Å²) >= 11 is 0. The molecule has 10 heteroatoms. The lowest BCUT2D eigenvalue weighted by Gasteiger charge is -2.33. The average Bonchev–Trinajstić information content (AvgIpc) is 3.52. The molecule has 1 amide bonds. The fourth-order valence-electron chi connectivity index (χ4n) is 6.53. The number of aromatic hydroxyl groups is 1. The Bertz CT molecular complexity index is 1420. The van der Waals surface area contributed by atoms with Gasteiger partial charge in [0.05, 0.1) is 23.4 Å². The van der Waals surface area contributed by atoms with Gasteiger partial charge < -0.3 is 15.0 Å². The number of imidazole rings is 1. The molecule has 2 fully saturated rings. The molecule has 1 saturated carbocycles. The van der Waals surface area contributed by atoms with E-state index in [1.807, 2.05) is 6.92 Å². The number of aromatic amines is 1. The van der Waals surface area contributed by atoms with Crippen molar-refractivity contribution in [1.29, 1.82) is 5.26 Å². The fraction of sp³-hybridized carbons (Fsp3) is 0.448. The molecule has 1 aliphatic carbocycles. The maximum atomic E-state index is 14.2. The molecule has 3 aliphatic rings. The van der Waals surface area contributed by atoms with Crippen molar-refractivity contribution in [2.45, 2.75) is 63.5 Å². The molecule has 4 N–H and O–H groups in total. The van der Waals surface area contributed by atoms with Crippen LogP contribution in [-0.2, 0) is 19.3 Å². The van der Waals surface area contributed by atoms with Crippen LogP contribution in [0.4, 0.5) is 4.39 Å². The minimum absolute atomic E-state index is 0.0562. The van der Waals surface area contributed by atoms with Gasteiger partial charge in [0.2, 0.25) is 0 Å². The van der Waals surface area contributed by atoms with Gasteiger partial charge in [-0.3, -0.25) is 15.2 Å². The van der Waals surface area contributed by atoms with E-state index in [9.17, 15) is 14.3 Å². The summed E-state index contributed by atoms with van der Waals surface area (Å²) in [5.41, 5.74) is 11.7. The van der Waals surface area contributed by atoms with Gasteiger partial charge in [0, 0.05) is 43.9 Å². The predicted octanol–water partition coefficient (Wildman–Crippen LogP) is 3.43. The number of halogens is 1. The molecule has 2 aliphatic heterocycles. The minimum Gasteiger partial charge on any atom is -0.505 e. The number of benzene rings is 1. The number of nitrogens with one attached hydrogen (secondary N) is 3. The van der Waals surface area contributed by atoms with Crippen LogP contribution in [0.3, 0.4) is 0 Å². The highest BCUT2D eigenvalue weighted by molar-refractivity contribution is 5.92. The Hall–Kier alpha value is -3.81. The summed E-state index contributed by atoms with van der Waals surface area (Å²) in [6.07, 6.45) is 6.40. The Kier molecular flexibility index (Phi) is 6.79. The summed E-state index contributed by atoms with van der Waals surface area (Å²) in [4.78, 5) is 27.5. The van der Waals surface area contributed by atoms with Gasteiger partial charge in [-0.2, -0.15) is 5.26 Å². The Balaban J connectivity index is 1.12. The molecule has 0 radical (unpaired) electrons. The van der Waals surface area contributed by atoms with Crippen molar-refractivity contribution < 1.29 is 14.3 Å². The van der Waals surface area contributed by atoms with E-state index in [4.69, 9.17) is 10.2 Å². The van der Waals surface area contributed by atoms with Crippen molar-refractivity contribution in [2.75, 3.05) is 13.1 Å². The van der Waals surface area contributed by atoms with E-state index in [1.54, 1.807) is 17.0 Å². The minimum atomic E-state index is -0.552. The zero-order valence-corrected chi connectivity index (χ0v) is 21.9. The van der Waals surface area contributed by atoms with Crippen molar-refractivity contribution in [3.63, 3.8) is 0 Å². The SMILES string of the molecule is CCc1cc(O)c(F)cc1C1CCC2C(C1)NNC2c1nc2c([nH]1)CCN(C(=O)c1cc(C#N)ccn1)CC2. The van der Waals surface area contributed by atoms with Crippen LogP contribution < -0.4 is 10.9 Å². The number of phenols is 1. The molecule has 4 heterocycles. The molecular formula is C29H32FN7O2. The lowest BCUT2D eigenvalue weighted by Crippen LogP contribution is -2.35. The number of hydrazine groups is 1. The molecular weight excluding hydrogens is 497 g/mol. The van der Waals surface area contributed by atoms with Gasteiger partial charge in [0.25, 0.3) is 5.91 Å². The highest BCUT2D eigenvalue weighted by Crippen LogP contribution is 2.44. The number of hydrogen-bond acceptors (Lipinski definition) is 7. The maximum Gasteiger partial charge on any atom is 0.272 e. The van der Waals surface area contributed by atoms with Crippen LogP contribution in [0.5, 0.6) is 5.75 Å². The summed E-state index contributed by atoms with van der Waals surface area (Å²) in [5.74, 6) is 0.526. The summed E-state index contributed by atoms with van der Waals surface area (Å²) in [5, 5.41) is 19.0. The first-order chi connectivity index (χ1) is 18.9. The molecule has 39 heavy (non-hydrogen) atoms. The van der Waals surface area contributed by atoms with Gasteiger partial charge in [-0.15, -0.1) is 0 Å². The average molecular weight is 530 g/mol. The fourth-order valence-corrected chi connectivity index (χ4v) is 6.53. The number of nitriles is 1. The Morgan fingerprint density at radius 1 is 1.23 bits per heavy atom. The number of hydrogen-bond donors (Lipinski definition) is 4. The molecule has 4 atom stereocenters. The van der Waals surface area contributed by atoms with E-state index in [-0.39, 0.29) is 35.4 Å². The normalized spacial score (nSPS) is 24.5. The third-order valence-electron chi connectivity index (χ3n) is 8.61. The van der Waals surface area contributed by atoms with Crippen LogP contribution in [0.25, 0.3) is 0 Å². The van der Waals surface area contributed by atoms with E-state index in [1.165, 1.54) is 18.3 Å². The van der Waals surface area contributed by atoms with Crippen LogP contribution in [0.1, 0.15) is 82.5 Å². The van der Waals surface area contributed by atoms with Gasteiger partial charge in [-0.25, -0.2) is 14.8 Å². The molecule has 202 valence electrons. The Labute approximate surface area is 226 Å². The summed E-state index contributed by atoms with van der Waals surface area (Å²) in [6.45, 7) is 3.13. The number of aryl methyl sites for hydroxylation is 1. The Morgan fingerprint density at radius 2 is 2.08 bits per heavy atom. The number of rotatable bonds is 4. The molecule has 6 rings (SSSR count). The van der Waals surface area contributed by atoms with Crippen molar-refractivity contribution in [3.8, 4) is 11.8 Å². The van der Waals surface area contributed by atoms with E-state index in [2.05, 4.69) is 26.9 Å². The quantitative estimate of drug-likeness (QED) is 0.407. The highest BCUT2D eigenvalue weighted by atomic mass is 19.1. The second-order valence-electron chi connectivity index (χ2n) is 10.8. The van der Waals surface area contributed by atoms with Crippen LogP contribution in [0.15, 0.2) is 30.5 Å². The summed E-state index contributed by atoms with van der Waals surface area (Å²) in [7, 11) is 0. The molecule has 1 saturated heterocycles. The molecule has 9 nitrogen and oxygen atoms in total. The van der Waals surface area contributed by atoms with Crippen LogP contribution >= 0.6 is 0 Å². The number of amides is 1. The zero-order valence-electron chi connectivity index (χ0n) is 21.9. The first kappa shape index (κ1) is 25.5. The molecule has 0 spiro atoms. The second-order valence-corrected chi connectivity index (χ2v) is 10.8. The van der Waals surface area contributed by atoms with E-state index >= 15 is 0 Å². The zero-order chi connectivity index (χ0) is 27.1. The second kappa shape index (κ2) is 10.4. The molecule has 1 aromatic carbocycles. The maximum absolute atomic E-state index is 14.2. The third-order valence-corrected chi connectivity index (χ3v) is 8.61. The van der Waals surface area contributed by atoms with E-state index in [0.717, 1.165) is 54.0 Å². The number of aromatic nitrogens is 3. The molecule has 3 aromatic rings. The predicted molar refractivity (Wildman–Crippen MR) is 141 cm³/mol. The lowest BCUT2D eigenvalue weighted by molar-refractivity contribution is 0.0756. The Morgan fingerprint density at radius 3 is 2.90 bits per heavy atom. The number of nitrogens with zero attached hydrogens (tertiary/aromatic N) is 4. The van der Waals surface area contributed by atoms with Gasteiger partial charge in [-0.05, 0) is 72.9 Å². The van der Waals surface area contributed by atoms with Crippen LogP contribution in [0, 0.1) is 23.1 Å². The number of carbonyl (C=O) groups is 1.